The fourth-order valence-corrected chi connectivity index (χ4v) is 2.23. The summed E-state index contributed by atoms with van der Waals surface area (Å²) in [6.07, 6.45) is 0.804. The third kappa shape index (κ3) is 3.97. The highest BCUT2D eigenvalue weighted by atomic mass is 16.7. The van der Waals surface area contributed by atoms with Crippen molar-refractivity contribution < 1.29 is 19.0 Å². The first-order valence-corrected chi connectivity index (χ1v) is 7.76. The average molecular weight is 318 g/mol. The lowest BCUT2D eigenvalue weighted by Gasteiger charge is -2.19. The van der Waals surface area contributed by atoms with Crippen LogP contribution >= 0.6 is 0 Å². The van der Waals surface area contributed by atoms with Gasteiger partial charge in [-0.2, -0.15) is 5.10 Å². The maximum absolute atomic E-state index is 12.2. The fraction of sp³-hybridized carbons (Fsp3) is 0.412. The molecule has 0 bridgehead atoms. The van der Waals surface area contributed by atoms with Crippen molar-refractivity contribution in [3.8, 4) is 5.69 Å². The van der Waals surface area contributed by atoms with E-state index >= 15 is 0 Å². The Morgan fingerprint density at radius 3 is 2.30 bits per heavy atom. The molecule has 0 fully saturated rings. The van der Waals surface area contributed by atoms with Gasteiger partial charge in [0.15, 0.2) is 0 Å². The molecule has 23 heavy (non-hydrogen) atoms. The van der Waals surface area contributed by atoms with E-state index in [4.69, 9.17) is 14.2 Å². The summed E-state index contributed by atoms with van der Waals surface area (Å²) >= 11 is 0. The largest absolute Gasteiger partial charge is 0.462 e. The maximum atomic E-state index is 12.2. The van der Waals surface area contributed by atoms with E-state index in [0.29, 0.717) is 31.1 Å². The molecule has 0 saturated heterocycles. The number of hydrogen-bond acceptors (Lipinski definition) is 5. The molecule has 0 radical (unpaired) electrons. The van der Waals surface area contributed by atoms with Crippen LogP contribution < -0.4 is 0 Å². The Morgan fingerprint density at radius 2 is 1.74 bits per heavy atom. The summed E-state index contributed by atoms with van der Waals surface area (Å²) in [5.41, 5.74) is 1.71. The van der Waals surface area contributed by atoms with Gasteiger partial charge in [0.2, 0.25) is 6.29 Å². The van der Waals surface area contributed by atoms with Crippen LogP contribution in [0, 0.1) is 0 Å². The number of nitrogens with zero attached hydrogens (tertiary/aromatic N) is 2. The van der Waals surface area contributed by atoms with E-state index in [1.54, 1.807) is 11.6 Å². The Hall–Kier alpha value is -2.18. The van der Waals surface area contributed by atoms with Crippen LogP contribution in [-0.4, -0.2) is 35.6 Å². The second-order valence-corrected chi connectivity index (χ2v) is 4.65. The van der Waals surface area contributed by atoms with Crippen molar-refractivity contribution in [1.29, 1.82) is 0 Å². The standard InChI is InChI=1S/C17H22N2O4/c1-4-21-16(20)14-12-18-19(13-10-8-7-9-11-13)15(14)17(22-5-2)23-6-3/h7-12,17H,4-6H2,1-3H3. The quantitative estimate of drug-likeness (QED) is 0.553. The average Bonchev–Trinajstić information content (AvgIpc) is 3.00. The van der Waals surface area contributed by atoms with Crippen molar-refractivity contribution in [3.63, 3.8) is 0 Å². The first kappa shape index (κ1) is 17.2. The SMILES string of the molecule is CCOC(=O)c1cnn(-c2ccccc2)c1C(OCC)OCC. The highest BCUT2D eigenvalue weighted by molar-refractivity contribution is 5.90. The molecule has 1 heterocycles. The molecule has 6 nitrogen and oxygen atoms in total. The third-order valence-corrected chi connectivity index (χ3v) is 3.16. The highest BCUT2D eigenvalue weighted by Crippen LogP contribution is 2.26. The summed E-state index contributed by atoms with van der Waals surface area (Å²) in [7, 11) is 0. The predicted molar refractivity (Wildman–Crippen MR) is 85.5 cm³/mol. The molecule has 6 heteroatoms. The van der Waals surface area contributed by atoms with Crippen LogP contribution in [0.3, 0.4) is 0 Å². The van der Waals surface area contributed by atoms with Crippen LogP contribution in [0.25, 0.3) is 5.69 Å². The van der Waals surface area contributed by atoms with Crippen molar-refractivity contribution in [2.75, 3.05) is 19.8 Å². The minimum absolute atomic E-state index is 0.294. The maximum Gasteiger partial charge on any atom is 0.341 e. The molecule has 1 aromatic carbocycles. The molecular weight excluding hydrogens is 296 g/mol. The molecule has 2 rings (SSSR count). The zero-order chi connectivity index (χ0) is 16.7. The molecule has 0 unspecified atom stereocenters. The van der Waals surface area contributed by atoms with E-state index in [1.807, 2.05) is 44.2 Å². The van der Waals surface area contributed by atoms with Gasteiger partial charge in [-0.3, -0.25) is 0 Å². The summed E-state index contributed by atoms with van der Waals surface area (Å²) in [5.74, 6) is -0.436. The number of ether oxygens (including phenoxy) is 3. The first-order valence-electron chi connectivity index (χ1n) is 7.76. The van der Waals surface area contributed by atoms with E-state index < -0.39 is 12.3 Å². The molecule has 0 aliphatic heterocycles. The minimum atomic E-state index is -0.688. The molecule has 2 aromatic rings. The molecule has 0 N–H and O–H groups in total. The molecule has 1 aromatic heterocycles. The monoisotopic (exact) mass is 318 g/mol. The Morgan fingerprint density at radius 1 is 1.09 bits per heavy atom. The molecule has 0 saturated carbocycles. The smallest absolute Gasteiger partial charge is 0.341 e. The lowest BCUT2D eigenvalue weighted by Crippen LogP contribution is -2.18. The van der Waals surface area contributed by atoms with Gasteiger partial charge in [-0.15, -0.1) is 0 Å². The van der Waals surface area contributed by atoms with E-state index in [2.05, 4.69) is 5.10 Å². The number of hydrogen-bond donors (Lipinski definition) is 0. The molecule has 124 valence electrons. The van der Waals surface area contributed by atoms with Crippen LogP contribution in [0.5, 0.6) is 0 Å². The van der Waals surface area contributed by atoms with Crippen LogP contribution in [0.4, 0.5) is 0 Å². The number of rotatable bonds is 8. The Kier molecular flexibility index (Phi) is 6.31. The van der Waals surface area contributed by atoms with Gasteiger partial charge in [-0.1, -0.05) is 18.2 Å². The molecule has 0 atom stereocenters. The number of carbonyl (C=O) groups excluding carboxylic acids is 1. The first-order chi connectivity index (χ1) is 11.2. The van der Waals surface area contributed by atoms with Crippen LogP contribution in [-0.2, 0) is 14.2 Å². The zero-order valence-electron chi connectivity index (χ0n) is 13.7. The van der Waals surface area contributed by atoms with Gasteiger partial charge >= 0.3 is 5.97 Å². The Balaban J connectivity index is 2.52. The zero-order valence-corrected chi connectivity index (χ0v) is 13.7. The minimum Gasteiger partial charge on any atom is -0.462 e. The van der Waals surface area contributed by atoms with Crippen LogP contribution in [0.2, 0.25) is 0 Å². The van der Waals surface area contributed by atoms with Crippen LogP contribution in [0.1, 0.15) is 43.1 Å². The van der Waals surface area contributed by atoms with Gasteiger partial charge in [-0.05, 0) is 32.9 Å². The number of benzene rings is 1. The topological polar surface area (TPSA) is 62.6 Å². The number of para-hydroxylation sites is 1. The van der Waals surface area contributed by atoms with Crippen molar-refractivity contribution in [1.82, 2.24) is 9.78 Å². The highest BCUT2D eigenvalue weighted by Gasteiger charge is 2.27. The fourth-order valence-electron chi connectivity index (χ4n) is 2.23. The van der Waals surface area contributed by atoms with Crippen molar-refractivity contribution in [2.45, 2.75) is 27.1 Å². The lowest BCUT2D eigenvalue weighted by atomic mass is 10.2. The molecule has 0 amide bonds. The summed E-state index contributed by atoms with van der Waals surface area (Å²) in [5, 5.41) is 4.33. The molecule has 0 aliphatic carbocycles. The second-order valence-electron chi connectivity index (χ2n) is 4.65. The van der Waals surface area contributed by atoms with E-state index in [0.717, 1.165) is 5.69 Å². The molecule has 0 aliphatic rings. The second kappa shape index (κ2) is 8.45. The van der Waals surface area contributed by atoms with E-state index in [1.165, 1.54) is 6.20 Å². The molecular formula is C17H22N2O4. The van der Waals surface area contributed by atoms with Crippen LogP contribution in [0.15, 0.2) is 36.5 Å². The van der Waals surface area contributed by atoms with Gasteiger partial charge in [0, 0.05) is 13.2 Å². The summed E-state index contributed by atoms with van der Waals surface area (Å²) in [6.45, 7) is 6.71. The van der Waals surface area contributed by atoms with Gasteiger partial charge in [0.25, 0.3) is 0 Å². The van der Waals surface area contributed by atoms with E-state index in [-0.39, 0.29) is 0 Å². The lowest BCUT2D eigenvalue weighted by molar-refractivity contribution is -0.144. The summed E-state index contributed by atoms with van der Waals surface area (Å²) in [4.78, 5) is 12.2. The number of aromatic nitrogens is 2. The Bertz CT molecular complexity index is 619. The Labute approximate surface area is 136 Å². The van der Waals surface area contributed by atoms with E-state index in [9.17, 15) is 4.79 Å². The number of carbonyl (C=O) groups is 1. The van der Waals surface area contributed by atoms with Crippen molar-refractivity contribution in [3.05, 3.63) is 47.8 Å². The summed E-state index contributed by atoms with van der Waals surface area (Å²) in [6, 6.07) is 9.53. The summed E-state index contributed by atoms with van der Waals surface area (Å²) < 4.78 is 18.1. The van der Waals surface area contributed by atoms with Gasteiger partial charge in [0.05, 0.1) is 18.5 Å². The predicted octanol–water partition coefficient (Wildman–Crippen LogP) is 3.12. The third-order valence-electron chi connectivity index (χ3n) is 3.16. The van der Waals surface area contributed by atoms with Gasteiger partial charge in [-0.25, -0.2) is 9.48 Å². The number of esters is 1. The van der Waals surface area contributed by atoms with Gasteiger partial charge < -0.3 is 14.2 Å². The molecule has 0 spiro atoms. The van der Waals surface area contributed by atoms with Crippen molar-refractivity contribution >= 4 is 5.97 Å². The normalized spacial score (nSPS) is 11.0. The van der Waals surface area contributed by atoms with Crippen molar-refractivity contribution in [2.24, 2.45) is 0 Å². The van der Waals surface area contributed by atoms with Gasteiger partial charge in [0.1, 0.15) is 11.3 Å².